The first kappa shape index (κ1) is 24.1. The number of aromatic nitrogens is 2. The van der Waals surface area contributed by atoms with E-state index in [0.29, 0.717) is 5.82 Å². The number of carbonyl (C=O) groups is 1. The number of aliphatic hydroxyl groups is 1. The molecule has 12 nitrogen and oxygen atoms in total. The first-order chi connectivity index (χ1) is 16.2. The Labute approximate surface area is 196 Å². The van der Waals surface area contributed by atoms with Crippen molar-refractivity contribution >= 4 is 21.9 Å². The molecule has 2 aliphatic rings. The van der Waals surface area contributed by atoms with Crippen LogP contribution in [0.3, 0.4) is 0 Å². The first-order valence-electron chi connectivity index (χ1n) is 10.7. The summed E-state index contributed by atoms with van der Waals surface area (Å²) < 4.78 is 39.9. The summed E-state index contributed by atoms with van der Waals surface area (Å²) in [5.74, 6) is -0.244. The van der Waals surface area contributed by atoms with Crippen molar-refractivity contribution in [2.45, 2.75) is 49.1 Å². The highest BCUT2D eigenvalue weighted by Crippen LogP contribution is 2.37. The van der Waals surface area contributed by atoms with Gasteiger partial charge in [0.25, 0.3) is 0 Å². The quantitative estimate of drug-likeness (QED) is 0.401. The number of nitrogens with two attached hydrogens (primary N) is 2. The van der Waals surface area contributed by atoms with Crippen LogP contribution in [0.5, 0.6) is 5.88 Å². The van der Waals surface area contributed by atoms with E-state index in [1.165, 1.54) is 11.9 Å². The molecule has 34 heavy (non-hydrogen) atoms. The number of hydrogen-bond acceptors (Lipinski definition) is 10. The van der Waals surface area contributed by atoms with E-state index >= 15 is 0 Å². The van der Waals surface area contributed by atoms with Gasteiger partial charge in [-0.1, -0.05) is 24.3 Å². The van der Waals surface area contributed by atoms with Crippen molar-refractivity contribution < 1.29 is 32.5 Å². The molecule has 1 saturated carbocycles. The van der Waals surface area contributed by atoms with Gasteiger partial charge in [0, 0.05) is 31.9 Å². The van der Waals surface area contributed by atoms with Crippen LogP contribution in [0.15, 0.2) is 36.7 Å². The van der Waals surface area contributed by atoms with E-state index in [4.69, 9.17) is 20.3 Å². The predicted octanol–water partition coefficient (Wildman–Crippen LogP) is 0.429. The molecule has 0 spiro atoms. The molecule has 2 aliphatic carbocycles. The molecular formula is C21H27N5O7S. The maximum atomic E-state index is 11.9. The van der Waals surface area contributed by atoms with Gasteiger partial charge in [0.15, 0.2) is 0 Å². The Morgan fingerprint density at radius 3 is 2.74 bits per heavy atom. The third kappa shape index (κ3) is 5.22. The fourth-order valence-corrected chi connectivity index (χ4v) is 5.67. The molecule has 1 unspecified atom stereocenters. The number of benzene rings is 1. The molecule has 0 saturated heterocycles. The SMILES string of the molecule is CO[C@H]1Cc2ccccc2[C@H]1Nc1cc(O[C@@H]2C[C@H](C(OC(N)=O)S(N)(=O)=O)[C@@H](O)C2)ncn1. The normalized spacial score (nSPS) is 27.1. The number of aliphatic hydroxyl groups excluding tert-OH is 1. The largest absolute Gasteiger partial charge is 0.474 e. The third-order valence-electron chi connectivity index (χ3n) is 6.16. The summed E-state index contributed by atoms with van der Waals surface area (Å²) in [6.45, 7) is 0. The molecule has 184 valence electrons. The lowest BCUT2D eigenvalue weighted by Gasteiger charge is -2.23. The van der Waals surface area contributed by atoms with Crippen LogP contribution in [0, 0.1) is 5.92 Å². The summed E-state index contributed by atoms with van der Waals surface area (Å²) in [4.78, 5) is 19.5. The number of amides is 1. The Balaban J connectivity index is 1.45. The number of hydrogen-bond donors (Lipinski definition) is 4. The van der Waals surface area contributed by atoms with Crippen LogP contribution in [0.4, 0.5) is 10.6 Å². The maximum Gasteiger partial charge on any atom is 0.405 e. The molecule has 13 heteroatoms. The lowest BCUT2D eigenvalue weighted by atomic mass is 10.1. The van der Waals surface area contributed by atoms with E-state index in [1.807, 2.05) is 18.2 Å². The topological polar surface area (TPSA) is 189 Å². The van der Waals surface area contributed by atoms with Gasteiger partial charge in [0.2, 0.25) is 21.3 Å². The monoisotopic (exact) mass is 493 g/mol. The van der Waals surface area contributed by atoms with E-state index in [0.717, 1.165) is 12.0 Å². The van der Waals surface area contributed by atoms with Crippen LogP contribution >= 0.6 is 0 Å². The second-order valence-electron chi connectivity index (χ2n) is 8.38. The van der Waals surface area contributed by atoms with Gasteiger partial charge < -0.3 is 30.4 Å². The Hall–Kier alpha value is -3.00. The molecule has 6 atom stereocenters. The van der Waals surface area contributed by atoms with E-state index < -0.39 is 39.7 Å². The highest BCUT2D eigenvalue weighted by molar-refractivity contribution is 7.89. The van der Waals surface area contributed by atoms with E-state index in [2.05, 4.69) is 26.1 Å². The Morgan fingerprint density at radius 2 is 2.03 bits per heavy atom. The summed E-state index contributed by atoms with van der Waals surface area (Å²) >= 11 is 0. The smallest absolute Gasteiger partial charge is 0.405 e. The van der Waals surface area contributed by atoms with Gasteiger partial charge in [-0.25, -0.2) is 28.3 Å². The average Bonchev–Trinajstić information content (AvgIpc) is 3.31. The number of carbonyl (C=O) groups excluding carboxylic acids is 1. The van der Waals surface area contributed by atoms with E-state index in [9.17, 15) is 18.3 Å². The van der Waals surface area contributed by atoms with Gasteiger partial charge in [-0.3, -0.25) is 0 Å². The summed E-state index contributed by atoms with van der Waals surface area (Å²) in [6.07, 6.45) is -0.831. The zero-order valence-electron chi connectivity index (χ0n) is 18.4. The van der Waals surface area contributed by atoms with Crippen molar-refractivity contribution in [1.82, 2.24) is 9.97 Å². The minimum atomic E-state index is -4.31. The van der Waals surface area contributed by atoms with Crippen molar-refractivity contribution in [3.63, 3.8) is 0 Å². The first-order valence-corrected chi connectivity index (χ1v) is 12.3. The molecular weight excluding hydrogens is 466 g/mol. The van der Waals surface area contributed by atoms with Crippen LogP contribution in [0.25, 0.3) is 0 Å². The number of fused-ring (bicyclic) bond motifs is 1. The lowest BCUT2D eigenvalue weighted by molar-refractivity contribution is 0.0550. The molecule has 6 N–H and O–H groups in total. The zero-order chi connectivity index (χ0) is 24.5. The molecule has 1 fully saturated rings. The standard InChI is InChI=1S/C21H27N5O7S/c1-31-16-6-11-4-2-3-5-13(11)19(16)26-17-9-18(25-10-24-17)32-12-7-14(15(27)8-12)20(33-21(22)28)34(23,29)30/h2-5,9-10,12,14-16,19-20,27H,6-8H2,1H3,(H2,22,28)(H2,23,29,30)(H,24,25,26)/t12-,14+,15+,16+,19-,20?/m1/s1. The van der Waals surface area contributed by atoms with Crippen molar-refractivity contribution in [2.24, 2.45) is 16.8 Å². The number of methoxy groups -OCH3 is 1. The summed E-state index contributed by atoms with van der Waals surface area (Å²) in [5.41, 5.74) is 5.52. The molecule has 1 aromatic heterocycles. The molecule has 1 heterocycles. The zero-order valence-corrected chi connectivity index (χ0v) is 19.2. The highest BCUT2D eigenvalue weighted by Gasteiger charge is 2.46. The van der Waals surface area contributed by atoms with E-state index in [-0.39, 0.29) is 30.9 Å². The number of primary amides is 1. The number of rotatable bonds is 8. The van der Waals surface area contributed by atoms with Crippen LogP contribution < -0.4 is 20.9 Å². The number of ether oxygens (including phenoxy) is 3. The van der Waals surface area contributed by atoms with Crippen molar-refractivity contribution in [2.75, 3.05) is 12.4 Å². The van der Waals surface area contributed by atoms with Crippen LogP contribution in [-0.4, -0.2) is 60.4 Å². The lowest BCUT2D eigenvalue weighted by Crippen LogP contribution is -2.43. The summed E-state index contributed by atoms with van der Waals surface area (Å²) in [6, 6.07) is 9.58. The van der Waals surface area contributed by atoms with Gasteiger partial charge in [-0.05, 0) is 17.5 Å². The van der Waals surface area contributed by atoms with Gasteiger partial charge in [0.1, 0.15) is 18.2 Å². The molecule has 2 aromatic rings. The van der Waals surface area contributed by atoms with Crippen LogP contribution in [0.2, 0.25) is 0 Å². The second kappa shape index (κ2) is 9.70. The summed E-state index contributed by atoms with van der Waals surface area (Å²) in [7, 11) is -2.65. The minimum Gasteiger partial charge on any atom is -0.474 e. The van der Waals surface area contributed by atoms with E-state index in [1.54, 1.807) is 13.2 Å². The minimum absolute atomic E-state index is 0.0596. The molecule has 0 radical (unpaired) electrons. The summed E-state index contributed by atoms with van der Waals surface area (Å²) in [5, 5.41) is 18.9. The van der Waals surface area contributed by atoms with Gasteiger partial charge in [0.05, 0.1) is 18.2 Å². The highest BCUT2D eigenvalue weighted by atomic mass is 32.2. The number of anilines is 1. The van der Waals surface area contributed by atoms with Crippen molar-refractivity contribution in [3.8, 4) is 5.88 Å². The Kier molecular flexibility index (Phi) is 6.89. The maximum absolute atomic E-state index is 11.9. The number of nitrogens with zero attached hydrogens (tertiary/aromatic N) is 2. The Morgan fingerprint density at radius 1 is 1.26 bits per heavy atom. The fourth-order valence-electron chi connectivity index (χ4n) is 4.66. The molecule has 0 aliphatic heterocycles. The molecule has 0 bridgehead atoms. The third-order valence-corrected chi connectivity index (χ3v) is 7.25. The van der Waals surface area contributed by atoms with Crippen LogP contribution in [0.1, 0.15) is 30.0 Å². The number of nitrogens with one attached hydrogen (secondary N) is 1. The second-order valence-corrected chi connectivity index (χ2v) is 10.0. The van der Waals surface area contributed by atoms with Crippen molar-refractivity contribution in [1.29, 1.82) is 0 Å². The molecule has 1 aromatic carbocycles. The fraction of sp³-hybridized carbons (Fsp3) is 0.476. The van der Waals surface area contributed by atoms with Crippen molar-refractivity contribution in [3.05, 3.63) is 47.8 Å². The van der Waals surface area contributed by atoms with Gasteiger partial charge >= 0.3 is 6.09 Å². The van der Waals surface area contributed by atoms with Gasteiger partial charge in [-0.15, -0.1) is 0 Å². The predicted molar refractivity (Wildman–Crippen MR) is 120 cm³/mol. The molecule has 1 amide bonds. The Bertz CT molecular complexity index is 1150. The number of sulfonamides is 1. The average molecular weight is 494 g/mol. The number of primary sulfonamides is 1. The van der Waals surface area contributed by atoms with Gasteiger partial charge in [-0.2, -0.15) is 0 Å². The van der Waals surface area contributed by atoms with Crippen LogP contribution in [-0.2, 0) is 25.9 Å². The molecule has 4 rings (SSSR count).